The molecule has 1 aliphatic heterocycles. The zero-order valence-corrected chi connectivity index (χ0v) is 16.8. The van der Waals surface area contributed by atoms with Crippen molar-refractivity contribution in [1.82, 2.24) is 24.6 Å². The van der Waals surface area contributed by atoms with E-state index in [2.05, 4.69) is 15.3 Å². The SMILES string of the molecule is Cc1nn(-c2ccccc2)c(-n2cccc2)c1C(=O)NCCCN1CCOCC1. The zero-order valence-electron chi connectivity index (χ0n) is 16.8. The summed E-state index contributed by atoms with van der Waals surface area (Å²) in [7, 11) is 0. The van der Waals surface area contributed by atoms with Crippen LogP contribution in [0.4, 0.5) is 0 Å². The number of hydrogen-bond acceptors (Lipinski definition) is 4. The third-order valence-corrected chi connectivity index (χ3v) is 5.15. The van der Waals surface area contributed by atoms with Gasteiger partial charge in [0.1, 0.15) is 5.56 Å². The van der Waals surface area contributed by atoms with E-state index in [1.807, 2.05) is 71.0 Å². The number of rotatable bonds is 7. The van der Waals surface area contributed by atoms with Crippen molar-refractivity contribution in [3.63, 3.8) is 0 Å². The lowest BCUT2D eigenvalue weighted by molar-refractivity contribution is 0.0374. The molecule has 0 aliphatic carbocycles. The second-order valence-corrected chi connectivity index (χ2v) is 7.19. The first-order valence-corrected chi connectivity index (χ1v) is 10.1. The van der Waals surface area contributed by atoms with Crippen molar-refractivity contribution >= 4 is 5.91 Å². The lowest BCUT2D eigenvalue weighted by Gasteiger charge is -2.26. The summed E-state index contributed by atoms with van der Waals surface area (Å²) in [5.41, 5.74) is 2.24. The molecular weight excluding hydrogens is 366 g/mol. The fourth-order valence-electron chi connectivity index (χ4n) is 3.66. The Bertz CT molecular complexity index is 928. The number of amides is 1. The van der Waals surface area contributed by atoms with Crippen LogP contribution < -0.4 is 5.32 Å². The Labute approximate surface area is 170 Å². The molecule has 0 spiro atoms. The number of benzene rings is 1. The van der Waals surface area contributed by atoms with Gasteiger partial charge in [0.15, 0.2) is 5.82 Å². The van der Waals surface area contributed by atoms with Crippen molar-refractivity contribution in [3.8, 4) is 11.5 Å². The van der Waals surface area contributed by atoms with E-state index >= 15 is 0 Å². The summed E-state index contributed by atoms with van der Waals surface area (Å²) >= 11 is 0. The Kier molecular flexibility index (Phi) is 6.07. The van der Waals surface area contributed by atoms with Crippen molar-refractivity contribution in [2.75, 3.05) is 39.4 Å². The molecule has 3 heterocycles. The molecule has 1 saturated heterocycles. The van der Waals surface area contributed by atoms with Crippen LogP contribution in [0.5, 0.6) is 0 Å². The quantitative estimate of drug-likeness (QED) is 0.626. The van der Waals surface area contributed by atoms with Gasteiger partial charge >= 0.3 is 0 Å². The number of carbonyl (C=O) groups is 1. The van der Waals surface area contributed by atoms with Crippen LogP contribution in [0.1, 0.15) is 22.5 Å². The van der Waals surface area contributed by atoms with Gasteiger partial charge in [0.2, 0.25) is 0 Å². The minimum Gasteiger partial charge on any atom is -0.379 e. The summed E-state index contributed by atoms with van der Waals surface area (Å²) in [5.74, 6) is 0.666. The molecule has 7 heteroatoms. The van der Waals surface area contributed by atoms with E-state index in [1.54, 1.807) is 0 Å². The number of nitrogens with one attached hydrogen (secondary N) is 1. The molecule has 4 rings (SSSR count). The number of aromatic nitrogens is 3. The maximum absolute atomic E-state index is 13.1. The Balaban J connectivity index is 1.52. The topological polar surface area (TPSA) is 64.3 Å². The van der Waals surface area contributed by atoms with Gasteiger partial charge in [-0.25, -0.2) is 4.68 Å². The van der Waals surface area contributed by atoms with Crippen molar-refractivity contribution in [2.45, 2.75) is 13.3 Å². The van der Waals surface area contributed by atoms with Crippen LogP contribution in [-0.4, -0.2) is 64.5 Å². The van der Waals surface area contributed by atoms with E-state index in [0.29, 0.717) is 17.8 Å². The second kappa shape index (κ2) is 9.07. The molecule has 1 amide bonds. The predicted octanol–water partition coefficient (Wildman–Crippen LogP) is 2.42. The minimum absolute atomic E-state index is 0.0876. The standard InChI is InChI=1S/C22H27N5O2/c1-18-20(21(28)23-10-7-11-25-14-16-29-17-15-25)22(26-12-5-6-13-26)27(24-18)19-8-3-2-4-9-19/h2-6,8-9,12-13H,7,10-11,14-17H2,1H3,(H,23,28). The average Bonchev–Trinajstić information content (AvgIpc) is 3.40. The van der Waals surface area contributed by atoms with Gasteiger partial charge < -0.3 is 14.6 Å². The maximum Gasteiger partial charge on any atom is 0.256 e. The van der Waals surface area contributed by atoms with Crippen molar-refractivity contribution < 1.29 is 9.53 Å². The lowest BCUT2D eigenvalue weighted by Crippen LogP contribution is -2.38. The molecule has 0 bridgehead atoms. The zero-order chi connectivity index (χ0) is 20.1. The Morgan fingerprint density at radius 2 is 1.83 bits per heavy atom. The van der Waals surface area contributed by atoms with E-state index in [1.165, 1.54) is 0 Å². The molecule has 0 saturated carbocycles. The van der Waals surface area contributed by atoms with Gasteiger partial charge in [-0.15, -0.1) is 0 Å². The number of carbonyl (C=O) groups excluding carboxylic acids is 1. The second-order valence-electron chi connectivity index (χ2n) is 7.19. The summed E-state index contributed by atoms with van der Waals surface area (Å²) in [6.45, 7) is 7.01. The van der Waals surface area contributed by atoms with Gasteiger partial charge in [-0.1, -0.05) is 18.2 Å². The molecule has 0 radical (unpaired) electrons. The molecule has 1 aromatic carbocycles. The minimum atomic E-state index is -0.0876. The van der Waals surface area contributed by atoms with Crippen molar-refractivity contribution in [2.24, 2.45) is 0 Å². The van der Waals surface area contributed by atoms with E-state index in [9.17, 15) is 4.79 Å². The monoisotopic (exact) mass is 393 g/mol. The van der Waals surface area contributed by atoms with Crippen LogP contribution in [0, 0.1) is 6.92 Å². The maximum atomic E-state index is 13.1. The van der Waals surface area contributed by atoms with Crippen LogP contribution >= 0.6 is 0 Å². The Hall–Kier alpha value is -2.90. The van der Waals surface area contributed by atoms with E-state index in [4.69, 9.17) is 4.74 Å². The van der Waals surface area contributed by atoms with Crippen molar-refractivity contribution in [3.05, 3.63) is 66.1 Å². The molecular formula is C22H27N5O2. The number of nitrogens with zero attached hydrogens (tertiary/aromatic N) is 4. The van der Waals surface area contributed by atoms with Gasteiger partial charge in [0, 0.05) is 32.0 Å². The Morgan fingerprint density at radius 1 is 1.10 bits per heavy atom. The summed E-state index contributed by atoms with van der Waals surface area (Å²) in [5, 5.41) is 7.76. The molecule has 7 nitrogen and oxygen atoms in total. The Morgan fingerprint density at radius 3 is 2.55 bits per heavy atom. The van der Waals surface area contributed by atoms with Gasteiger partial charge in [-0.3, -0.25) is 9.69 Å². The van der Waals surface area contributed by atoms with Gasteiger partial charge in [-0.05, 0) is 44.2 Å². The van der Waals surface area contributed by atoms with Gasteiger partial charge in [0.25, 0.3) is 5.91 Å². The number of morpholine rings is 1. The summed E-state index contributed by atoms with van der Waals surface area (Å²) < 4.78 is 9.15. The molecule has 1 N–H and O–H groups in total. The number of hydrogen-bond donors (Lipinski definition) is 1. The number of para-hydroxylation sites is 1. The van der Waals surface area contributed by atoms with Crippen LogP contribution in [0.25, 0.3) is 11.5 Å². The number of aryl methyl sites for hydroxylation is 1. The normalized spacial score (nSPS) is 14.8. The molecule has 152 valence electrons. The molecule has 1 aliphatic rings. The summed E-state index contributed by atoms with van der Waals surface area (Å²) in [6, 6.07) is 13.8. The molecule has 3 aromatic rings. The first kappa shape index (κ1) is 19.4. The van der Waals surface area contributed by atoms with Gasteiger partial charge in [0.05, 0.1) is 24.6 Å². The van der Waals surface area contributed by atoms with E-state index < -0.39 is 0 Å². The molecule has 29 heavy (non-hydrogen) atoms. The smallest absolute Gasteiger partial charge is 0.256 e. The average molecular weight is 393 g/mol. The first-order valence-electron chi connectivity index (χ1n) is 10.1. The third-order valence-electron chi connectivity index (χ3n) is 5.15. The highest BCUT2D eigenvalue weighted by Gasteiger charge is 2.23. The molecule has 2 aromatic heterocycles. The molecule has 1 fully saturated rings. The highest BCUT2D eigenvalue weighted by Crippen LogP contribution is 2.23. The fraction of sp³-hybridized carbons (Fsp3) is 0.364. The summed E-state index contributed by atoms with van der Waals surface area (Å²) in [6.07, 6.45) is 4.78. The van der Waals surface area contributed by atoms with E-state index in [0.717, 1.165) is 50.8 Å². The summed E-state index contributed by atoms with van der Waals surface area (Å²) in [4.78, 5) is 15.4. The fourth-order valence-corrected chi connectivity index (χ4v) is 3.66. The lowest BCUT2D eigenvalue weighted by atomic mass is 10.2. The third kappa shape index (κ3) is 4.41. The highest BCUT2D eigenvalue weighted by molar-refractivity contribution is 5.98. The van der Waals surface area contributed by atoms with Crippen LogP contribution in [-0.2, 0) is 4.74 Å². The highest BCUT2D eigenvalue weighted by atomic mass is 16.5. The van der Waals surface area contributed by atoms with E-state index in [-0.39, 0.29) is 5.91 Å². The molecule has 0 unspecified atom stereocenters. The van der Waals surface area contributed by atoms with Gasteiger partial charge in [-0.2, -0.15) is 5.10 Å². The van der Waals surface area contributed by atoms with Crippen LogP contribution in [0.2, 0.25) is 0 Å². The largest absolute Gasteiger partial charge is 0.379 e. The van der Waals surface area contributed by atoms with Crippen molar-refractivity contribution in [1.29, 1.82) is 0 Å². The first-order chi connectivity index (χ1) is 14.2. The molecule has 0 atom stereocenters. The van der Waals surface area contributed by atoms with Crippen LogP contribution in [0.15, 0.2) is 54.9 Å². The predicted molar refractivity (Wildman–Crippen MR) is 112 cm³/mol. The number of ether oxygens (including phenoxy) is 1. The van der Waals surface area contributed by atoms with Crippen LogP contribution in [0.3, 0.4) is 0 Å².